The number of rotatable bonds is 17. The predicted molar refractivity (Wildman–Crippen MR) is 214 cm³/mol. The van der Waals surface area contributed by atoms with Crippen molar-refractivity contribution in [2.24, 2.45) is 0 Å². The van der Waals surface area contributed by atoms with Gasteiger partial charge in [-0.25, -0.2) is 0 Å². The van der Waals surface area contributed by atoms with Gasteiger partial charge >= 0.3 is 35.8 Å². The Morgan fingerprint density at radius 3 is 1.27 bits per heavy atom. The lowest BCUT2D eigenvalue weighted by atomic mass is 9.95. The fourth-order valence-electron chi connectivity index (χ4n) is 7.63. The van der Waals surface area contributed by atoms with Crippen molar-refractivity contribution >= 4 is 35.8 Å². The largest absolute Gasteiger partial charge is 0.456 e. The van der Waals surface area contributed by atoms with Crippen molar-refractivity contribution < 1.29 is 95.5 Å². The van der Waals surface area contributed by atoms with Crippen LogP contribution < -0.4 is 0 Å². The highest BCUT2D eigenvalue weighted by Gasteiger charge is 2.58. The first-order chi connectivity index (χ1) is 30.4. The van der Waals surface area contributed by atoms with E-state index in [1.165, 1.54) is 13.8 Å². The van der Waals surface area contributed by atoms with E-state index in [9.17, 15) is 33.9 Å². The summed E-state index contributed by atoms with van der Waals surface area (Å²) in [5.41, 5.74) is 1.49. The summed E-state index contributed by atoms with van der Waals surface area (Å²) in [6.07, 6.45) is -21.4. The predicted octanol–water partition coefficient (Wildman–Crippen LogP) is 2.36. The smallest absolute Gasteiger partial charge is 0.303 e. The van der Waals surface area contributed by atoms with Gasteiger partial charge in [-0.1, -0.05) is 60.7 Å². The molecular weight excluding hydrogens is 848 g/mol. The van der Waals surface area contributed by atoms with Gasteiger partial charge in [-0.15, -0.1) is 0 Å². The number of ether oxygens (including phenoxy) is 13. The number of hydrogen-bond donors (Lipinski definition) is 1. The average Bonchev–Trinajstić information content (AvgIpc) is 3.21. The molecule has 0 bridgehead atoms. The molecule has 5 rings (SSSR count). The molecule has 3 saturated heterocycles. The number of carbonyl (C=O) groups is 6. The van der Waals surface area contributed by atoms with Crippen LogP contribution in [0, 0.1) is 0 Å². The van der Waals surface area contributed by atoms with Gasteiger partial charge < -0.3 is 66.7 Å². The van der Waals surface area contributed by atoms with Crippen molar-refractivity contribution in [1.82, 2.24) is 0 Å². The Morgan fingerprint density at radius 1 is 0.469 bits per heavy atom. The van der Waals surface area contributed by atoms with Crippen LogP contribution in [0.25, 0.3) is 0 Å². The highest BCUT2D eigenvalue weighted by atomic mass is 16.8. The van der Waals surface area contributed by atoms with Crippen molar-refractivity contribution in [3.8, 4) is 0 Å². The molecule has 2 aromatic carbocycles. The van der Waals surface area contributed by atoms with Crippen molar-refractivity contribution in [3.63, 3.8) is 0 Å². The van der Waals surface area contributed by atoms with Gasteiger partial charge in [0.15, 0.2) is 55.5 Å². The topological polar surface area (TPSA) is 243 Å². The van der Waals surface area contributed by atoms with Crippen LogP contribution in [0.1, 0.15) is 66.5 Å². The second-order valence-electron chi connectivity index (χ2n) is 15.4. The summed E-state index contributed by atoms with van der Waals surface area (Å²) in [6, 6.07) is 18.1. The minimum Gasteiger partial charge on any atom is -0.456 e. The van der Waals surface area contributed by atoms with Crippen LogP contribution in [0.2, 0.25) is 0 Å². The maximum atomic E-state index is 12.7. The Morgan fingerprint density at radius 2 is 0.844 bits per heavy atom. The normalized spacial score (nSPS) is 32.6. The van der Waals surface area contributed by atoms with Crippen LogP contribution in [-0.2, 0) is 104 Å². The molecule has 352 valence electrons. The molecule has 64 heavy (non-hydrogen) atoms. The minimum absolute atomic E-state index is 0.101. The summed E-state index contributed by atoms with van der Waals surface area (Å²) in [5.74, 6) is -4.77. The van der Waals surface area contributed by atoms with Gasteiger partial charge in [0, 0.05) is 41.5 Å². The lowest BCUT2D eigenvalue weighted by Gasteiger charge is -2.50. The van der Waals surface area contributed by atoms with Crippen LogP contribution in [0.4, 0.5) is 0 Å². The Hall–Kier alpha value is -5.06. The summed E-state index contributed by atoms with van der Waals surface area (Å²) in [7, 11) is 0. The lowest BCUT2D eigenvalue weighted by Crippen LogP contribution is -2.67. The molecule has 3 fully saturated rings. The van der Waals surface area contributed by atoms with Crippen LogP contribution >= 0.6 is 0 Å². The van der Waals surface area contributed by atoms with Gasteiger partial charge in [0.2, 0.25) is 0 Å². The minimum atomic E-state index is -1.86. The fraction of sp³-hybridized carbons (Fsp3) is 0.591. The molecule has 0 unspecified atom stereocenters. The Bertz CT molecular complexity index is 1880. The van der Waals surface area contributed by atoms with Crippen LogP contribution in [0.5, 0.6) is 0 Å². The zero-order chi connectivity index (χ0) is 46.7. The zero-order valence-corrected chi connectivity index (χ0v) is 36.8. The van der Waals surface area contributed by atoms with Crippen LogP contribution in [-0.4, -0.2) is 140 Å². The number of esters is 6. The first kappa shape index (κ1) is 49.9. The van der Waals surface area contributed by atoms with Gasteiger partial charge in [0.25, 0.3) is 0 Å². The van der Waals surface area contributed by atoms with E-state index in [0.29, 0.717) is 5.56 Å². The maximum Gasteiger partial charge on any atom is 0.303 e. The van der Waals surface area contributed by atoms with E-state index in [1.807, 2.05) is 30.3 Å². The van der Waals surface area contributed by atoms with E-state index in [-0.39, 0.29) is 19.8 Å². The Kier molecular flexibility index (Phi) is 18.1. The SMILES string of the molecule is CC(=O)O[C@@H]1[C@@H](OC(C)=O)[C@H](C)O[C@@H](O[C@@H]2[C@@H](OCc3ccccc3)[C@H](O[C@@H]3O[C@@H](C)[C@H](OC(C)=O)[C@@H](OC(C)=O)[C@H]3OC(C)=O)[C@@H](COCc3ccccc3)O[C@H]2O)[C@@H]1OC(C)=O. The second kappa shape index (κ2) is 23.2. The van der Waals surface area contributed by atoms with Gasteiger partial charge in [0.1, 0.15) is 24.4 Å². The highest BCUT2D eigenvalue weighted by Crippen LogP contribution is 2.37. The number of carbonyl (C=O) groups excluding carboxylic acids is 6. The number of aliphatic hydroxyl groups is 1. The van der Waals surface area contributed by atoms with Gasteiger partial charge in [-0.3, -0.25) is 28.8 Å². The summed E-state index contributed by atoms with van der Waals surface area (Å²) in [4.78, 5) is 74.6. The molecule has 0 aliphatic carbocycles. The first-order valence-corrected chi connectivity index (χ1v) is 20.7. The van der Waals surface area contributed by atoms with E-state index in [2.05, 4.69) is 0 Å². The molecule has 0 amide bonds. The molecule has 15 atom stereocenters. The van der Waals surface area contributed by atoms with E-state index < -0.39 is 128 Å². The second-order valence-corrected chi connectivity index (χ2v) is 15.4. The Labute approximate surface area is 369 Å². The Balaban J connectivity index is 1.59. The highest BCUT2D eigenvalue weighted by molar-refractivity contribution is 5.69. The number of benzene rings is 2. The van der Waals surface area contributed by atoms with Crippen LogP contribution in [0.15, 0.2) is 60.7 Å². The monoisotopic (exact) mass is 904 g/mol. The molecule has 3 aliphatic rings. The van der Waals surface area contributed by atoms with E-state index >= 15 is 0 Å². The lowest BCUT2D eigenvalue weighted by molar-refractivity contribution is -0.385. The van der Waals surface area contributed by atoms with Gasteiger partial charge in [-0.05, 0) is 25.0 Å². The third kappa shape index (κ3) is 13.7. The summed E-state index contributed by atoms with van der Waals surface area (Å²) >= 11 is 0. The number of aliphatic hydroxyl groups excluding tert-OH is 1. The molecule has 20 heteroatoms. The maximum absolute atomic E-state index is 12.7. The van der Waals surface area contributed by atoms with E-state index in [1.54, 1.807) is 30.3 Å². The molecule has 0 radical (unpaired) electrons. The van der Waals surface area contributed by atoms with Gasteiger partial charge in [-0.2, -0.15) is 0 Å². The molecule has 20 nitrogen and oxygen atoms in total. The molecule has 0 spiro atoms. The molecule has 2 aromatic rings. The van der Waals surface area contributed by atoms with E-state index in [0.717, 1.165) is 47.1 Å². The molecular formula is C44H56O20. The third-order valence-corrected chi connectivity index (χ3v) is 10.1. The quantitative estimate of drug-likeness (QED) is 0.177. The molecule has 0 saturated carbocycles. The van der Waals surface area contributed by atoms with Crippen LogP contribution in [0.3, 0.4) is 0 Å². The molecule has 3 heterocycles. The summed E-state index contributed by atoms with van der Waals surface area (Å²) < 4.78 is 77.9. The van der Waals surface area contributed by atoms with Crippen molar-refractivity contribution in [1.29, 1.82) is 0 Å². The summed E-state index contributed by atoms with van der Waals surface area (Å²) in [5, 5.41) is 11.9. The summed E-state index contributed by atoms with van der Waals surface area (Å²) in [6.45, 7) is 9.49. The van der Waals surface area contributed by atoms with E-state index in [4.69, 9.17) is 61.6 Å². The van der Waals surface area contributed by atoms with Crippen molar-refractivity contribution in [2.45, 2.75) is 161 Å². The third-order valence-electron chi connectivity index (χ3n) is 10.1. The number of hydrogen-bond acceptors (Lipinski definition) is 20. The molecule has 3 aliphatic heterocycles. The first-order valence-electron chi connectivity index (χ1n) is 20.7. The average molecular weight is 905 g/mol. The standard InChI is InChI=1S/C44H56O20/c1-22-33(56-24(3)45)37(58-26(5)47)40(60-28(7)49)43(54-22)63-35-32(21-52-19-30-15-11-9-12-16-30)62-42(51)39(36(35)53-20-31-17-13-10-14-18-31)64-44-41(61-29(8)50)38(59-27(6)48)34(23(2)55-44)57-25(4)46/h9-18,22-23,32-44,51H,19-21H2,1-8H3/t22-,23-,32+,33-,34-,35+,36-,37+,38+,39+,40+,41+,42+,43-,44-/m0/s1. The zero-order valence-electron chi connectivity index (χ0n) is 36.8. The van der Waals surface area contributed by atoms with Gasteiger partial charge in [0.05, 0.1) is 32.0 Å². The fourth-order valence-corrected chi connectivity index (χ4v) is 7.63. The molecule has 0 aromatic heterocycles. The molecule has 1 N–H and O–H groups in total. The van der Waals surface area contributed by atoms with Crippen molar-refractivity contribution in [3.05, 3.63) is 71.8 Å². The van der Waals surface area contributed by atoms with Crippen molar-refractivity contribution in [2.75, 3.05) is 6.61 Å².